The number of halogens is 1. The maximum Gasteiger partial charge on any atom is 0.370 e. The van der Waals surface area contributed by atoms with Crippen LogP contribution in [0.1, 0.15) is 5.56 Å². The van der Waals surface area contributed by atoms with Crippen LogP contribution in [0.4, 0.5) is 5.69 Å². The smallest absolute Gasteiger partial charge is 0.370 e. The van der Waals surface area contributed by atoms with Gasteiger partial charge in [-0.05, 0) is 29.8 Å². The number of anilines is 1. The quantitative estimate of drug-likeness (QED) is 0.312. The number of aromatic nitrogens is 1. The van der Waals surface area contributed by atoms with Crippen molar-refractivity contribution >= 4 is 40.4 Å². The molecule has 1 N–H and O–H groups in total. The van der Waals surface area contributed by atoms with Gasteiger partial charge in [0.1, 0.15) is 0 Å². The maximum atomic E-state index is 11.1. The average molecular weight is 528 g/mol. The third-order valence-corrected chi connectivity index (χ3v) is 5.96. The van der Waals surface area contributed by atoms with Crippen LogP contribution in [0.5, 0.6) is 0 Å². The van der Waals surface area contributed by atoms with Gasteiger partial charge in [-0.1, -0.05) is 60.3 Å². The number of benzene rings is 2. The minimum atomic E-state index is -0.851. The number of hydrogen-bond donors (Lipinski definition) is 1. The van der Waals surface area contributed by atoms with Crippen LogP contribution < -0.4 is 33.4 Å². The minimum absolute atomic E-state index is 0. The Morgan fingerprint density at radius 2 is 1.83 bits per heavy atom. The minimum Gasteiger partial charge on any atom is -1.00 e. The highest BCUT2D eigenvalue weighted by Crippen LogP contribution is 2.44. The molecule has 0 aliphatic carbocycles. The summed E-state index contributed by atoms with van der Waals surface area (Å²) in [6, 6.07) is 18.2. The summed E-state index contributed by atoms with van der Waals surface area (Å²) in [5.41, 5.74) is 3.20. The van der Waals surface area contributed by atoms with Gasteiger partial charge in [0, 0.05) is 24.1 Å². The number of carbonyl (C=O) groups is 1. The fraction of sp³-hybridized carbons (Fsp3) is 0.0833. The van der Waals surface area contributed by atoms with Gasteiger partial charge in [-0.3, -0.25) is 0 Å². The molecule has 0 unspecified atom stereocenters. The lowest BCUT2D eigenvalue weighted by Crippen LogP contribution is -3.00. The number of allylic oxidation sites excluding steroid dienone is 4. The number of nitrogens with zero attached hydrogens (tertiary/aromatic N) is 2. The molecule has 0 bridgehead atoms. The number of fused-ring (bicyclic) bond motifs is 2. The summed E-state index contributed by atoms with van der Waals surface area (Å²) < 4.78 is 1.75. The maximum absolute atomic E-state index is 11.1. The van der Waals surface area contributed by atoms with Gasteiger partial charge in [0.25, 0.3) is 0 Å². The number of thioether (sulfide) groups is 1. The summed E-state index contributed by atoms with van der Waals surface area (Å²) in [4.78, 5) is 14.6. The van der Waals surface area contributed by atoms with E-state index in [0.29, 0.717) is 0 Å². The third kappa shape index (κ3) is 4.76. The summed E-state index contributed by atoms with van der Waals surface area (Å²) in [5, 5.41) is 11.3. The van der Waals surface area contributed by atoms with Crippen LogP contribution in [0.3, 0.4) is 0 Å². The molecule has 0 saturated carbocycles. The highest BCUT2D eigenvalue weighted by atomic mass is 127. The van der Waals surface area contributed by atoms with Crippen molar-refractivity contribution in [2.24, 2.45) is 0 Å². The largest absolute Gasteiger partial charge is 1.00 e. The monoisotopic (exact) mass is 528 g/mol. The number of carboxylic acid groups (broad SMARTS) is 1. The van der Waals surface area contributed by atoms with E-state index in [1.165, 1.54) is 15.6 Å². The molecule has 30 heavy (non-hydrogen) atoms. The third-order valence-electron chi connectivity index (χ3n) is 4.77. The summed E-state index contributed by atoms with van der Waals surface area (Å²) in [6.07, 6.45) is 12.0. The Labute approximate surface area is 197 Å². The highest BCUT2D eigenvalue weighted by molar-refractivity contribution is 8.03. The topological polar surface area (TPSA) is 44.4 Å². The number of pyridine rings is 1. The predicted octanol–water partition coefficient (Wildman–Crippen LogP) is 1.87. The lowest BCUT2D eigenvalue weighted by molar-refractivity contribution is -0.660. The first kappa shape index (κ1) is 22.1. The lowest BCUT2D eigenvalue weighted by Gasteiger charge is -2.12. The second kappa shape index (κ2) is 9.95. The van der Waals surface area contributed by atoms with Crippen molar-refractivity contribution in [2.75, 3.05) is 11.9 Å². The van der Waals surface area contributed by atoms with E-state index in [-0.39, 0.29) is 30.5 Å². The first-order chi connectivity index (χ1) is 14.1. The van der Waals surface area contributed by atoms with E-state index < -0.39 is 5.97 Å². The van der Waals surface area contributed by atoms with Crippen molar-refractivity contribution in [3.8, 4) is 0 Å². The van der Waals surface area contributed by atoms with E-state index in [4.69, 9.17) is 5.11 Å². The molecule has 2 aromatic carbocycles. The number of hydrogen-bond acceptors (Lipinski definition) is 3. The molecule has 0 saturated heterocycles. The number of rotatable bonds is 5. The molecule has 2 heterocycles. The van der Waals surface area contributed by atoms with E-state index in [9.17, 15) is 4.79 Å². The average Bonchev–Trinajstić information content (AvgIpc) is 3.05. The standard InChI is InChI=1S/C24H20N2O2S.HI/c1-25-21-12-7-8-13-22(21)29-23(25)14-4-2-3-9-18-15-16-26(17-24(27)28)20-11-6-5-10-19(18)20;/h2-16H,17H2,1H3;1H. The van der Waals surface area contributed by atoms with Crippen LogP contribution in [0, 0.1) is 0 Å². The Morgan fingerprint density at radius 3 is 2.63 bits per heavy atom. The van der Waals surface area contributed by atoms with Gasteiger partial charge in [-0.15, -0.1) is 0 Å². The van der Waals surface area contributed by atoms with Crippen molar-refractivity contribution in [2.45, 2.75) is 11.4 Å². The van der Waals surface area contributed by atoms with E-state index in [1.54, 1.807) is 16.3 Å². The molecule has 4 nitrogen and oxygen atoms in total. The van der Waals surface area contributed by atoms with Gasteiger partial charge >= 0.3 is 5.97 Å². The van der Waals surface area contributed by atoms with Gasteiger partial charge < -0.3 is 34.0 Å². The van der Waals surface area contributed by atoms with Crippen LogP contribution in [-0.4, -0.2) is 18.1 Å². The predicted molar refractivity (Wildman–Crippen MR) is 119 cm³/mol. The molecule has 3 aromatic rings. The van der Waals surface area contributed by atoms with Crippen molar-refractivity contribution in [3.05, 3.63) is 95.7 Å². The highest BCUT2D eigenvalue weighted by Gasteiger charge is 2.20. The van der Waals surface area contributed by atoms with Crippen LogP contribution in [0.15, 0.2) is 95.0 Å². The van der Waals surface area contributed by atoms with Gasteiger partial charge in [0.2, 0.25) is 12.1 Å². The first-order valence-corrected chi connectivity index (χ1v) is 10.1. The zero-order valence-corrected chi connectivity index (χ0v) is 19.4. The Morgan fingerprint density at radius 1 is 1.07 bits per heavy atom. The molecule has 152 valence electrons. The summed E-state index contributed by atoms with van der Waals surface area (Å²) in [7, 11) is 2.08. The fourth-order valence-electron chi connectivity index (χ4n) is 3.36. The number of aliphatic carboxylic acids is 1. The van der Waals surface area contributed by atoms with E-state index in [1.807, 2.05) is 60.8 Å². The van der Waals surface area contributed by atoms with Crippen LogP contribution in [0.2, 0.25) is 0 Å². The van der Waals surface area contributed by atoms with E-state index in [2.05, 4.69) is 42.3 Å². The SMILES string of the molecule is CN1C(=CC=CC=Cc2cc[n+](CC(=O)O)c3ccccc23)Sc2ccccc21.[I-]. The molecular formula is C24H21IN2O2S. The molecular weight excluding hydrogens is 507 g/mol. The van der Waals surface area contributed by atoms with Crippen molar-refractivity contribution in [1.82, 2.24) is 0 Å². The van der Waals surface area contributed by atoms with Gasteiger partial charge in [0.05, 0.1) is 16.1 Å². The lowest BCUT2D eigenvalue weighted by atomic mass is 10.1. The Bertz CT molecular complexity index is 1170. The molecule has 0 fully saturated rings. The number of para-hydroxylation sites is 2. The molecule has 4 rings (SSSR count). The summed E-state index contributed by atoms with van der Waals surface area (Å²) in [6.45, 7) is -0.0500. The zero-order chi connectivity index (χ0) is 20.2. The summed E-state index contributed by atoms with van der Waals surface area (Å²) >= 11 is 1.77. The van der Waals surface area contributed by atoms with Crippen molar-refractivity contribution in [1.29, 1.82) is 0 Å². The molecule has 1 aromatic heterocycles. The second-order valence-corrected chi connectivity index (χ2v) is 7.75. The first-order valence-electron chi connectivity index (χ1n) is 9.32. The molecule has 0 atom stereocenters. The van der Waals surface area contributed by atoms with Gasteiger partial charge in [0.15, 0.2) is 6.20 Å². The van der Waals surface area contributed by atoms with Crippen molar-refractivity contribution in [3.63, 3.8) is 0 Å². The van der Waals surface area contributed by atoms with Crippen molar-refractivity contribution < 1.29 is 38.4 Å². The normalized spacial score (nSPS) is 14.6. The molecule has 1 aliphatic rings. The van der Waals surface area contributed by atoms with Gasteiger partial charge in [-0.25, -0.2) is 4.79 Å². The molecule has 0 radical (unpaired) electrons. The van der Waals surface area contributed by atoms with Gasteiger partial charge in [-0.2, -0.15) is 4.57 Å². The van der Waals surface area contributed by atoms with Crippen LogP contribution in [-0.2, 0) is 11.3 Å². The molecule has 0 spiro atoms. The number of carboxylic acids is 1. The van der Waals surface area contributed by atoms with Crippen LogP contribution in [0.25, 0.3) is 17.0 Å². The molecule has 0 amide bonds. The molecule has 6 heteroatoms. The van der Waals surface area contributed by atoms with Crippen LogP contribution >= 0.6 is 11.8 Å². The van der Waals surface area contributed by atoms with E-state index in [0.717, 1.165) is 16.5 Å². The Hall–Kier alpha value is -2.58. The summed E-state index contributed by atoms with van der Waals surface area (Å²) in [5.74, 6) is -0.851. The molecule has 1 aliphatic heterocycles. The Kier molecular flexibility index (Phi) is 7.33. The van der Waals surface area contributed by atoms with E-state index >= 15 is 0 Å². The fourth-order valence-corrected chi connectivity index (χ4v) is 4.43. The second-order valence-electron chi connectivity index (χ2n) is 6.69. The Balaban J connectivity index is 0.00000256. The zero-order valence-electron chi connectivity index (χ0n) is 16.4.